The molecule has 2 aliphatic rings. The zero-order valence-electron chi connectivity index (χ0n) is 18.8. The van der Waals surface area contributed by atoms with Crippen molar-refractivity contribution in [3.8, 4) is 17.1 Å². The number of nitrogens with one attached hydrogen (secondary N) is 1. The minimum atomic E-state index is -0.191. The number of amides is 1. The molecule has 4 heterocycles. The number of anilines is 1. The molecule has 0 radical (unpaired) electrons. The van der Waals surface area contributed by atoms with E-state index in [0.717, 1.165) is 16.9 Å². The van der Waals surface area contributed by atoms with Crippen LogP contribution < -0.4 is 10.2 Å². The Hall–Kier alpha value is -2.85. The number of rotatable bonds is 5. The Morgan fingerprint density at radius 3 is 2.71 bits per heavy atom. The molecule has 0 spiro atoms. The second-order valence-corrected chi connectivity index (χ2v) is 10.8. The molecule has 1 saturated heterocycles. The Morgan fingerprint density at radius 1 is 1.09 bits per heavy atom. The van der Waals surface area contributed by atoms with Crippen LogP contribution in [0.15, 0.2) is 77.0 Å². The van der Waals surface area contributed by atoms with Crippen LogP contribution in [0.4, 0.5) is 5.69 Å². The third-order valence-corrected chi connectivity index (χ3v) is 8.90. The van der Waals surface area contributed by atoms with Gasteiger partial charge in [0.05, 0.1) is 22.3 Å². The number of thioether (sulfide) groups is 2. The van der Waals surface area contributed by atoms with Crippen LogP contribution in [-0.2, 0) is 4.79 Å². The Balaban J connectivity index is 1.29. The van der Waals surface area contributed by atoms with Gasteiger partial charge in [-0.2, -0.15) is 0 Å². The van der Waals surface area contributed by atoms with Crippen LogP contribution in [0.2, 0.25) is 5.02 Å². The molecule has 2 aromatic carbocycles. The second-order valence-electron chi connectivity index (χ2n) is 8.35. The number of fused-ring (bicyclic) bond motifs is 3. The SMILES string of the molecule is Cc1cccc2c1SC1NCC(CSc3nnc(-c4ccncc4)n3-c3ccccc3Cl)C(=O)N21. The first-order valence-electron chi connectivity index (χ1n) is 11.2. The number of halogens is 1. The quantitative estimate of drug-likeness (QED) is 0.370. The highest BCUT2D eigenvalue weighted by Gasteiger charge is 2.42. The van der Waals surface area contributed by atoms with Gasteiger partial charge in [0.15, 0.2) is 11.0 Å². The van der Waals surface area contributed by atoms with Gasteiger partial charge in [0.2, 0.25) is 5.91 Å². The fraction of sp³-hybridized carbons (Fsp3) is 0.200. The second kappa shape index (κ2) is 9.31. The molecule has 2 atom stereocenters. The maximum Gasteiger partial charge on any atom is 0.234 e. The molecule has 4 aromatic rings. The van der Waals surface area contributed by atoms with Gasteiger partial charge in [-0.3, -0.25) is 24.6 Å². The van der Waals surface area contributed by atoms with Crippen molar-refractivity contribution in [2.24, 2.45) is 5.92 Å². The molecular formula is C25H21ClN6OS2. The highest BCUT2D eigenvalue weighted by atomic mass is 35.5. The topological polar surface area (TPSA) is 75.9 Å². The molecule has 1 amide bonds. The summed E-state index contributed by atoms with van der Waals surface area (Å²) < 4.78 is 1.95. The van der Waals surface area contributed by atoms with Gasteiger partial charge in [0.25, 0.3) is 0 Å². The van der Waals surface area contributed by atoms with Crippen LogP contribution in [0.25, 0.3) is 17.1 Å². The van der Waals surface area contributed by atoms with Gasteiger partial charge in [-0.1, -0.05) is 59.4 Å². The van der Waals surface area contributed by atoms with Gasteiger partial charge in [0.1, 0.15) is 5.50 Å². The summed E-state index contributed by atoms with van der Waals surface area (Å²) in [5, 5.41) is 13.8. The van der Waals surface area contributed by atoms with E-state index in [0.29, 0.717) is 28.3 Å². The highest BCUT2D eigenvalue weighted by molar-refractivity contribution is 8.00. The van der Waals surface area contributed by atoms with Crippen molar-refractivity contribution in [2.45, 2.75) is 22.5 Å². The van der Waals surface area contributed by atoms with Crippen LogP contribution in [0.5, 0.6) is 0 Å². The molecule has 1 N–H and O–H groups in total. The van der Waals surface area contributed by atoms with Crippen molar-refractivity contribution in [3.05, 3.63) is 77.6 Å². The molecular weight excluding hydrogens is 500 g/mol. The highest BCUT2D eigenvalue weighted by Crippen LogP contribution is 2.46. The number of aryl methyl sites for hydroxylation is 1. The lowest BCUT2D eigenvalue weighted by Crippen LogP contribution is -2.56. The number of hydrogen-bond acceptors (Lipinski definition) is 7. The van der Waals surface area contributed by atoms with Gasteiger partial charge in [-0.25, -0.2) is 0 Å². The Morgan fingerprint density at radius 2 is 1.89 bits per heavy atom. The summed E-state index contributed by atoms with van der Waals surface area (Å²) in [6.45, 7) is 2.70. The fourth-order valence-corrected chi connectivity index (χ4v) is 6.88. The summed E-state index contributed by atoms with van der Waals surface area (Å²) in [4.78, 5) is 20.7. The third-order valence-electron chi connectivity index (χ3n) is 6.12. The molecule has 2 unspecified atom stereocenters. The van der Waals surface area contributed by atoms with Gasteiger partial charge < -0.3 is 0 Å². The average molecular weight is 521 g/mol. The van der Waals surface area contributed by atoms with Crippen LogP contribution >= 0.6 is 35.1 Å². The average Bonchev–Trinajstić information content (AvgIpc) is 3.47. The van der Waals surface area contributed by atoms with Crippen molar-refractivity contribution in [3.63, 3.8) is 0 Å². The zero-order valence-corrected chi connectivity index (χ0v) is 21.1. The standard InChI is InChI=1S/C25H21ClN6OS2/c1-15-5-4-8-20-21(15)35-24-28-13-17(23(33)32(20)24)14-34-25-30-29-22(16-9-11-27-12-10-16)31(25)19-7-3-2-6-18(19)26/h2-12,17,24,28H,13-14H2,1H3. The largest absolute Gasteiger partial charge is 0.287 e. The van der Waals surface area contributed by atoms with Crippen molar-refractivity contribution in [1.82, 2.24) is 25.1 Å². The summed E-state index contributed by atoms with van der Waals surface area (Å²) in [5.41, 5.74) is 3.82. The van der Waals surface area contributed by atoms with Crippen molar-refractivity contribution >= 4 is 46.7 Å². The Kier molecular flexibility index (Phi) is 6.01. The molecule has 176 valence electrons. The zero-order chi connectivity index (χ0) is 23.9. The van der Waals surface area contributed by atoms with Crippen LogP contribution in [0.3, 0.4) is 0 Å². The summed E-state index contributed by atoms with van der Waals surface area (Å²) in [7, 11) is 0. The molecule has 1 fully saturated rings. The normalized spacial score (nSPS) is 19.0. The summed E-state index contributed by atoms with van der Waals surface area (Å²) in [6, 6.07) is 17.5. The number of hydrogen-bond donors (Lipinski definition) is 1. The maximum atomic E-state index is 13.5. The molecule has 2 aromatic heterocycles. The van der Waals surface area contributed by atoms with Crippen LogP contribution in [0.1, 0.15) is 5.56 Å². The minimum absolute atomic E-state index is 0.0510. The van der Waals surface area contributed by atoms with Crippen molar-refractivity contribution in [1.29, 1.82) is 0 Å². The first-order valence-corrected chi connectivity index (χ1v) is 13.4. The van der Waals surface area contributed by atoms with Crippen molar-refractivity contribution < 1.29 is 4.79 Å². The predicted molar refractivity (Wildman–Crippen MR) is 140 cm³/mol. The molecule has 6 rings (SSSR count). The van der Waals surface area contributed by atoms with Crippen molar-refractivity contribution in [2.75, 3.05) is 17.2 Å². The predicted octanol–water partition coefficient (Wildman–Crippen LogP) is 5.03. The van der Waals surface area contributed by atoms with Gasteiger partial charge in [-0.05, 0) is 42.8 Å². The first kappa shape index (κ1) is 22.6. The van der Waals surface area contributed by atoms with Gasteiger partial charge in [-0.15, -0.1) is 10.2 Å². The van der Waals surface area contributed by atoms with E-state index in [9.17, 15) is 4.79 Å². The third kappa shape index (κ3) is 4.02. The van der Waals surface area contributed by atoms with Gasteiger partial charge in [0, 0.05) is 35.2 Å². The fourth-order valence-electron chi connectivity index (χ4n) is 4.37. The van der Waals surface area contributed by atoms with E-state index in [-0.39, 0.29) is 17.3 Å². The molecule has 10 heteroatoms. The first-order chi connectivity index (χ1) is 17.1. The number of carbonyl (C=O) groups excluding carboxylic acids is 1. The lowest BCUT2D eigenvalue weighted by molar-refractivity contribution is -0.123. The van der Waals surface area contributed by atoms with E-state index in [1.165, 1.54) is 22.2 Å². The molecule has 0 bridgehead atoms. The molecule has 35 heavy (non-hydrogen) atoms. The Labute approximate surface area is 216 Å². The number of nitrogens with zero attached hydrogens (tertiary/aromatic N) is 5. The summed E-state index contributed by atoms with van der Waals surface area (Å²) in [6.07, 6.45) is 3.45. The van der Waals surface area contributed by atoms with E-state index in [4.69, 9.17) is 11.6 Å². The van der Waals surface area contributed by atoms with Crippen LogP contribution in [-0.4, -0.2) is 43.5 Å². The Bertz CT molecular complexity index is 1410. The lowest BCUT2D eigenvalue weighted by Gasteiger charge is -2.34. The van der Waals surface area contributed by atoms with E-state index in [2.05, 4.69) is 33.5 Å². The van der Waals surface area contributed by atoms with Crippen LogP contribution in [0, 0.1) is 12.8 Å². The number of pyridine rings is 1. The molecule has 7 nitrogen and oxygen atoms in total. The smallest absolute Gasteiger partial charge is 0.234 e. The number of para-hydroxylation sites is 1. The molecule has 0 saturated carbocycles. The lowest BCUT2D eigenvalue weighted by atomic mass is 10.1. The number of carbonyl (C=O) groups is 1. The molecule has 0 aliphatic carbocycles. The van der Waals surface area contributed by atoms with E-state index in [1.807, 2.05) is 58.0 Å². The van der Waals surface area contributed by atoms with E-state index < -0.39 is 0 Å². The number of benzene rings is 2. The summed E-state index contributed by atoms with van der Waals surface area (Å²) in [5.74, 6) is 1.19. The van der Waals surface area contributed by atoms with E-state index in [1.54, 1.807) is 24.2 Å². The minimum Gasteiger partial charge on any atom is -0.287 e. The van der Waals surface area contributed by atoms with E-state index >= 15 is 0 Å². The molecule has 2 aliphatic heterocycles. The summed E-state index contributed by atoms with van der Waals surface area (Å²) >= 11 is 9.80. The monoisotopic (exact) mass is 520 g/mol. The maximum absolute atomic E-state index is 13.5. The van der Waals surface area contributed by atoms with Gasteiger partial charge >= 0.3 is 0 Å². The number of aromatic nitrogens is 4.